The van der Waals surface area contributed by atoms with Gasteiger partial charge in [0.1, 0.15) is 0 Å². The molecule has 0 spiro atoms. The Morgan fingerprint density at radius 1 is 0.964 bits per heavy atom. The summed E-state index contributed by atoms with van der Waals surface area (Å²) in [5.74, 6) is 1.56. The van der Waals surface area contributed by atoms with Gasteiger partial charge in [-0.3, -0.25) is 9.59 Å². The lowest BCUT2D eigenvalue weighted by molar-refractivity contribution is -0.121. The van der Waals surface area contributed by atoms with Gasteiger partial charge in [-0.15, -0.1) is 0 Å². The fourth-order valence-corrected chi connectivity index (χ4v) is 3.25. The van der Waals surface area contributed by atoms with E-state index >= 15 is 0 Å². The molecule has 1 saturated heterocycles. The Morgan fingerprint density at radius 2 is 1.50 bits per heavy atom. The highest BCUT2D eigenvalue weighted by atomic mass is 16.5. The maximum Gasteiger partial charge on any atom is 0.254 e. The average Bonchev–Trinajstić information content (AvgIpc) is 2.70. The minimum atomic E-state index is -0.0646. The van der Waals surface area contributed by atoms with Crippen LogP contribution in [0.3, 0.4) is 0 Å². The first kappa shape index (κ1) is 21.9. The average molecular weight is 392 g/mol. The first-order valence-corrected chi connectivity index (χ1v) is 10.2. The highest BCUT2D eigenvalue weighted by molar-refractivity contribution is 5.95. The predicted octanol–water partition coefficient (Wildman–Crippen LogP) is 3.01. The lowest BCUT2D eigenvalue weighted by Crippen LogP contribution is -2.46. The second kappa shape index (κ2) is 10.8. The van der Waals surface area contributed by atoms with Crippen LogP contribution in [0, 0.1) is 0 Å². The Labute approximate surface area is 167 Å². The number of rotatable bonds is 9. The van der Waals surface area contributed by atoms with Gasteiger partial charge < -0.3 is 24.4 Å². The van der Waals surface area contributed by atoms with Crippen molar-refractivity contribution in [1.82, 2.24) is 10.2 Å². The number of hydrogen-bond donors (Lipinski definition) is 1. The standard InChI is InChI=1S/C21H32N2O5/c1-5-19(24)22-16-9-11-23(12-10-16)21(25)15-13-17(26-6-2)20(28-8-4)18(14-15)27-7-3/h13-14,16H,5-12H2,1-4H3,(H,22,24). The normalized spacial score (nSPS) is 14.5. The van der Waals surface area contributed by atoms with Crippen LogP contribution in [0.4, 0.5) is 0 Å². The number of nitrogens with one attached hydrogen (secondary N) is 1. The predicted molar refractivity (Wildman–Crippen MR) is 107 cm³/mol. The Kier molecular flexibility index (Phi) is 8.42. The third-order valence-electron chi connectivity index (χ3n) is 4.62. The van der Waals surface area contributed by atoms with E-state index in [1.807, 2.05) is 32.6 Å². The number of amides is 2. The third kappa shape index (κ3) is 5.53. The number of likely N-dealkylation sites (tertiary alicyclic amines) is 1. The molecule has 0 aliphatic carbocycles. The van der Waals surface area contributed by atoms with Crippen LogP contribution in [0.15, 0.2) is 12.1 Å². The second-order valence-corrected chi connectivity index (χ2v) is 6.59. The van der Waals surface area contributed by atoms with E-state index in [-0.39, 0.29) is 17.9 Å². The molecular weight excluding hydrogens is 360 g/mol. The Balaban J connectivity index is 2.17. The van der Waals surface area contributed by atoms with Crippen LogP contribution >= 0.6 is 0 Å². The topological polar surface area (TPSA) is 77.1 Å². The number of ether oxygens (including phenoxy) is 3. The molecule has 1 aromatic rings. The van der Waals surface area contributed by atoms with Crippen molar-refractivity contribution in [2.45, 2.75) is 53.0 Å². The zero-order valence-corrected chi connectivity index (χ0v) is 17.4. The summed E-state index contributed by atoms with van der Waals surface area (Å²) in [6.45, 7) is 10.1. The van der Waals surface area contributed by atoms with E-state index in [0.29, 0.717) is 62.1 Å². The van der Waals surface area contributed by atoms with Gasteiger partial charge in [0.15, 0.2) is 11.5 Å². The Bertz CT molecular complexity index is 642. The molecule has 0 bridgehead atoms. The summed E-state index contributed by atoms with van der Waals surface area (Å²) < 4.78 is 17.1. The quantitative estimate of drug-likeness (QED) is 0.699. The van der Waals surface area contributed by atoms with Gasteiger partial charge in [-0.1, -0.05) is 6.92 Å². The number of benzene rings is 1. The number of carbonyl (C=O) groups excluding carboxylic acids is 2. The Hall–Kier alpha value is -2.44. The Morgan fingerprint density at radius 3 is 1.96 bits per heavy atom. The van der Waals surface area contributed by atoms with Gasteiger partial charge in [0, 0.05) is 31.1 Å². The minimum Gasteiger partial charge on any atom is -0.490 e. The summed E-state index contributed by atoms with van der Waals surface area (Å²) in [6.07, 6.45) is 1.99. The van der Waals surface area contributed by atoms with Crippen molar-refractivity contribution in [2.24, 2.45) is 0 Å². The van der Waals surface area contributed by atoms with E-state index in [9.17, 15) is 9.59 Å². The summed E-state index contributed by atoms with van der Waals surface area (Å²) in [5, 5.41) is 3.01. The molecule has 7 nitrogen and oxygen atoms in total. The van der Waals surface area contributed by atoms with Crippen LogP contribution in [-0.2, 0) is 4.79 Å². The summed E-state index contributed by atoms with van der Waals surface area (Å²) in [7, 11) is 0. The SMILES string of the molecule is CCOc1cc(C(=O)N2CCC(NC(=O)CC)CC2)cc(OCC)c1OCC. The van der Waals surface area contributed by atoms with Crippen LogP contribution in [0.25, 0.3) is 0 Å². The van der Waals surface area contributed by atoms with Crippen LogP contribution in [0.5, 0.6) is 17.2 Å². The number of nitrogens with zero attached hydrogens (tertiary/aromatic N) is 1. The van der Waals surface area contributed by atoms with Gasteiger partial charge in [0.05, 0.1) is 19.8 Å². The number of piperidine rings is 1. The molecule has 1 fully saturated rings. The van der Waals surface area contributed by atoms with Crippen molar-refractivity contribution in [3.63, 3.8) is 0 Å². The minimum absolute atomic E-state index is 0.0546. The first-order chi connectivity index (χ1) is 13.5. The second-order valence-electron chi connectivity index (χ2n) is 6.59. The van der Waals surface area contributed by atoms with Gasteiger partial charge in [0.2, 0.25) is 11.7 Å². The van der Waals surface area contributed by atoms with E-state index in [0.717, 1.165) is 12.8 Å². The van der Waals surface area contributed by atoms with E-state index in [4.69, 9.17) is 14.2 Å². The molecule has 0 aromatic heterocycles. The summed E-state index contributed by atoms with van der Waals surface area (Å²) in [4.78, 5) is 26.4. The molecule has 2 amide bonds. The first-order valence-electron chi connectivity index (χ1n) is 10.2. The highest BCUT2D eigenvalue weighted by Gasteiger charge is 2.26. The van der Waals surface area contributed by atoms with Crippen molar-refractivity contribution in [2.75, 3.05) is 32.9 Å². The van der Waals surface area contributed by atoms with E-state index in [2.05, 4.69) is 5.32 Å². The third-order valence-corrected chi connectivity index (χ3v) is 4.62. The van der Waals surface area contributed by atoms with Crippen molar-refractivity contribution in [3.05, 3.63) is 17.7 Å². The summed E-state index contributed by atoms with van der Waals surface area (Å²) >= 11 is 0. The molecule has 7 heteroatoms. The number of carbonyl (C=O) groups is 2. The molecule has 1 aliphatic rings. The molecule has 0 unspecified atom stereocenters. The zero-order valence-electron chi connectivity index (χ0n) is 17.4. The maximum atomic E-state index is 13.1. The van der Waals surface area contributed by atoms with Gasteiger partial charge in [-0.25, -0.2) is 0 Å². The molecule has 156 valence electrons. The number of hydrogen-bond acceptors (Lipinski definition) is 5. The van der Waals surface area contributed by atoms with Crippen LogP contribution in [0.2, 0.25) is 0 Å². The fraction of sp³-hybridized carbons (Fsp3) is 0.619. The summed E-state index contributed by atoms with van der Waals surface area (Å²) in [5.41, 5.74) is 0.520. The van der Waals surface area contributed by atoms with Crippen molar-refractivity contribution in [1.29, 1.82) is 0 Å². The van der Waals surface area contributed by atoms with Crippen LogP contribution in [-0.4, -0.2) is 55.7 Å². The lowest BCUT2D eigenvalue weighted by Gasteiger charge is -2.32. The van der Waals surface area contributed by atoms with Crippen LogP contribution < -0.4 is 19.5 Å². The molecule has 1 N–H and O–H groups in total. The molecular formula is C21H32N2O5. The van der Waals surface area contributed by atoms with Gasteiger partial charge in [0.25, 0.3) is 5.91 Å². The zero-order chi connectivity index (χ0) is 20.5. The monoisotopic (exact) mass is 392 g/mol. The van der Waals surface area contributed by atoms with Gasteiger partial charge in [-0.2, -0.15) is 0 Å². The molecule has 2 rings (SSSR count). The highest BCUT2D eigenvalue weighted by Crippen LogP contribution is 2.39. The van der Waals surface area contributed by atoms with Crippen molar-refractivity contribution >= 4 is 11.8 Å². The molecule has 0 radical (unpaired) electrons. The molecule has 0 saturated carbocycles. The van der Waals surface area contributed by atoms with Crippen molar-refractivity contribution in [3.8, 4) is 17.2 Å². The van der Waals surface area contributed by atoms with E-state index in [1.165, 1.54) is 0 Å². The van der Waals surface area contributed by atoms with Crippen molar-refractivity contribution < 1.29 is 23.8 Å². The lowest BCUT2D eigenvalue weighted by atomic mass is 10.0. The molecule has 1 aromatic carbocycles. The van der Waals surface area contributed by atoms with Crippen LogP contribution in [0.1, 0.15) is 57.3 Å². The van der Waals surface area contributed by atoms with E-state index < -0.39 is 0 Å². The largest absolute Gasteiger partial charge is 0.490 e. The molecule has 1 heterocycles. The van der Waals surface area contributed by atoms with Gasteiger partial charge in [-0.05, 0) is 45.7 Å². The smallest absolute Gasteiger partial charge is 0.254 e. The van der Waals surface area contributed by atoms with Gasteiger partial charge >= 0.3 is 0 Å². The fourth-order valence-electron chi connectivity index (χ4n) is 3.25. The molecule has 1 aliphatic heterocycles. The summed E-state index contributed by atoms with van der Waals surface area (Å²) in [6, 6.07) is 3.59. The molecule has 28 heavy (non-hydrogen) atoms. The molecule has 0 atom stereocenters. The maximum absolute atomic E-state index is 13.1. The van der Waals surface area contributed by atoms with E-state index in [1.54, 1.807) is 12.1 Å².